The van der Waals surface area contributed by atoms with Crippen molar-refractivity contribution in [2.24, 2.45) is 5.41 Å². The Labute approximate surface area is 152 Å². The third-order valence-corrected chi connectivity index (χ3v) is 5.88. The van der Waals surface area contributed by atoms with Crippen LogP contribution in [0.3, 0.4) is 0 Å². The highest BCUT2D eigenvalue weighted by Gasteiger charge is 2.34. The number of anilines is 1. The van der Waals surface area contributed by atoms with Gasteiger partial charge in [0.15, 0.2) is 0 Å². The van der Waals surface area contributed by atoms with Gasteiger partial charge in [0.1, 0.15) is 4.88 Å². The average Bonchev–Trinajstić information content (AvgIpc) is 2.95. The second-order valence-electron chi connectivity index (χ2n) is 6.96. The van der Waals surface area contributed by atoms with Gasteiger partial charge in [-0.1, -0.05) is 0 Å². The number of thiophene rings is 1. The maximum atomic E-state index is 12.4. The first-order chi connectivity index (χ1) is 11.8. The molecule has 140 valence electrons. The van der Waals surface area contributed by atoms with Crippen molar-refractivity contribution in [3.8, 4) is 0 Å². The molecular formula is C17H27N3O4S. The normalized spacial score (nSPS) is 17.3. The lowest BCUT2D eigenvalue weighted by Gasteiger charge is -2.39. The topological polar surface area (TPSA) is 93.1 Å². The van der Waals surface area contributed by atoms with Crippen molar-refractivity contribution in [3.63, 3.8) is 0 Å². The van der Waals surface area contributed by atoms with Crippen molar-refractivity contribution >= 4 is 28.8 Å². The molecule has 1 aromatic rings. The summed E-state index contributed by atoms with van der Waals surface area (Å²) in [5, 5.41) is 23.6. The molecule has 1 aliphatic heterocycles. The van der Waals surface area contributed by atoms with Gasteiger partial charge in [-0.05, 0) is 43.8 Å². The van der Waals surface area contributed by atoms with Crippen LogP contribution in [-0.4, -0.2) is 78.8 Å². The lowest BCUT2D eigenvalue weighted by molar-refractivity contribution is -0.118. The fourth-order valence-corrected chi connectivity index (χ4v) is 3.92. The van der Waals surface area contributed by atoms with Crippen molar-refractivity contribution in [2.45, 2.75) is 19.8 Å². The van der Waals surface area contributed by atoms with Gasteiger partial charge in [-0.3, -0.25) is 14.5 Å². The fourth-order valence-electron chi connectivity index (χ4n) is 2.89. The number of amides is 2. The SMILES string of the molecule is Cc1csc(C(=O)N(C)C)c1NC(=O)CN1CCC(CO)(CO)CC1. The number of hydrogen-bond acceptors (Lipinski definition) is 6. The molecule has 0 radical (unpaired) electrons. The van der Waals surface area contributed by atoms with E-state index in [0.717, 1.165) is 5.56 Å². The second kappa shape index (κ2) is 8.27. The Morgan fingerprint density at radius 2 is 1.88 bits per heavy atom. The Hall–Kier alpha value is -1.48. The first-order valence-corrected chi connectivity index (χ1v) is 9.23. The fraction of sp³-hybridized carbons (Fsp3) is 0.647. The Kier molecular flexibility index (Phi) is 6.56. The highest BCUT2D eigenvalue weighted by Crippen LogP contribution is 2.31. The zero-order valence-corrected chi connectivity index (χ0v) is 15.9. The van der Waals surface area contributed by atoms with Crippen LogP contribution in [0.15, 0.2) is 5.38 Å². The molecule has 7 nitrogen and oxygen atoms in total. The van der Waals surface area contributed by atoms with Gasteiger partial charge >= 0.3 is 0 Å². The molecule has 2 heterocycles. The Balaban J connectivity index is 1.96. The Morgan fingerprint density at radius 3 is 2.40 bits per heavy atom. The summed E-state index contributed by atoms with van der Waals surface area (Å²) >= 11 is 1.33. The molecule has 0 unspecified atom stereocenters. The number of likely N-dealkylation sites (tertiary alicyclic amines) is 1. The van der Waals surface area contributed by atoms with Gasteiger partial charge < -0.3 is 20.4 Å². The summed E-state index contributed by atoms with van der Waals surface area (Å²) in [6.07, 6.45) is 1.32. The van der Waals surface area contributed by atoms with E-state index >= 15 is 0 Å². The number of rotatable bonds is 6. The van der Waals surface area contributed by atoms with Crippen LogP contribution in [0.2, 0.25) is 0 Å². The van der Waals surface area contributed by atoms with E-state index in [1.807, 2.05) is 17.2 Å². The van der Waals surface area contributed by atoms with Crippen LogP contribution >= 0.6 is 11.3 Å². The highest BCUT2D eigenvalue weighted by atomic mass is 32.1. The van der Waals surface area contributed by atoms with E-state index in [0.29, 0.717) is 36.5 Å². The molecular weight excluding hydrogens is 342 g/mol. The molecule has 8 heteroatoms. The van der Waals surface area contributed by atoms with E-state index in [2.05, 4.69) is 5.32 Å². The lowest BCUT2D eigenvalue weighted by atomic mass is 9.80. The summed E-state index contributed by atoms with van der Waals surface area (Å²) in [6.45, 7) is 3.34. The standard InChI is InChI=1S/C17H27N3O4S/c1-12-9-25-15(16(24)19(2)3)14(12)18-13(23)8-20-6-4-17(10-21,11-22)5-7-20/h9,21-22H,4-8,10-11H2,1-3H3,(H,18,23). The summed E-state index contributed by atoms with van der Waals surface area (Å²) in [4.78, 5) is 28.7. The van der Waals surface area contributed by atoms with E-state index in [4.69, 9.17) is 0 Å². The molecule has 0 aromatic carbocycles. The highest BCUT2D eigenvalue weighted by molar-refractivity contribution is 7.13. The Morgan fingerprint density at radius 1 is 1.28 bits per heavy atom. The van der Waals surface area contributed by atoms with Crippen molar-refractivity contribution in [1.82, 2.24) is 9.80 Å². The van der Waals surface area contributed by atoms with Gasteiger partial charge in [0.2, 0.25) is 5.91 Å². The zero-order valence-electron chi connectivity index (χ0n) is 15.0. The number of aliphatic hydroxyl groups excluding tert-OH is 2. The first-order valence-electron chi connectivity index (χ1n) is 8.35. The molecule has 0 bridgehead atoms. The van der Waals surface area contributed by atoms with Crippen molar-refractivity contribution in [3.05, 3.63) is 15.8 Å². The summed E-state index contributed by atoms with van der Waals surface area (Å²) in [5.74, 6) is -0.281. The predicted octanol–water partition coefficient (Wildman–Crippen LogP) is 0.764. The van der Waals surface area contributed by atoms with E-state index in [1.165, 1.54) is 16.2 Å². The smallest absolute Gasteiger partial charge is 0.265 e. The maximum absolute atomic E-state index is 12.4. The number of hydrogen-bond donors (Lipinski definition) is 3. The average molecular weight is 369 g/mol. The number of carbonyl (C=O) groups excluding carboxylic acids is 2. The number of nitrogens with one attached hydrogen (secondary N) is 1. The summed E-state index contributed by atoms with van der Waals surface area (Å²) < 4.78 is 0. The van der Waals surface area contributed by atoms with Crippen LogP contribution in [0, 0.1) is 12.3 Å². The molecule has 0 saturated carbocycles. The molecule has 0 spiro atoms. The number of carbonyl (C=O) groups is 2. The number of piperidine rings is 1. The molecule has 1 aromatic heterocycles. The maximum Gasteiger partial charge on any atom is 0.265 e. The first kappa shape index (κ1) is 19.8. The minimum absolute atomic E-state index is 0.0341. The van der Waals surface area contributed by atoms with Gasteiger partial charge in [-0.25, -0.2) is 0 Å². The molecule has 3 N–H and O–H groups in total. The molecule has 2 amide bonds. The summed E-state index contributed by atoms with van der Waals surface area (Å²) in [6, 6.07) is 0. The molecule has 0 atom stereocenters. The number of nitrogens with zero attached hydrogens (tertiary/aromatic N) is 2. The van der Waals surface area contributed by atoms with Gasteiger partial charge in [0.05, 0.1) is 25.4 Å². The minimum Gasteiger partial charge on any atom is -0.396 e. The van der Waals surface area contributed by atoms with Crippen molar-refractivity contribution in [2.75, 3.05) is 52.3 Å². The lowest BCUT2D eigenvalue weighted by Crippen LogP contribution is -2.46. The van der Waals surface area contributed by atoms with Gasteiger partial charge in [0, 0.05) is 19.5 Å². The Bertz CT molecular complexity index is 615. The predicted molar refractivity (Wildman–Crippen MR) is 98.0 cm³/mol. The van der Waals surface area contributed by atoms with Gasteiger partial charge in [-0.15, -0.1) is 11.3 Å². The van der Waals surface area contributed by atoms with Crippen LogP contribution in [0.4, 0.5) is 5.69 Å². The van der Waals surface area contributed by atoms with Crippen molar-refractivity contribution < 1.29 is 19.8 Å². The van der Waals surface area contributed by atoms with E-state index in [-0.39, 0.29) is 31.6 Å². The van der Waals surface area contributed by atoms with Gasteiger partial charge in [0.25, 0.3) is 5.91 Å². The van der Waals surface area contributed by atoms with Crippen molar-refractivity contribution in [1.29, 1.82) is 0 Å². The summed E-state index contributed by atoms with van der Waals surface area (Å²) in [5.41, 5.74) is 1.04. The molecule has 1 saturated heterocycles. The van der Waals surface area contributed by atoms with E-state index in [1.54, 1.807) is 14.1 Å². The number of aliphatic hydroxyl groups is 2. The third-order valence-electron chi connectivity index (χ3n) is 4.79. The second-order valence-corrected chi connectivity index (χ2v) is 7.84. The molecule has 1 aliphatic rings. The molecule has 2 rings (SSSR count). The molecule has 0 aliphatic carbocycles. The van der Waals surface area contributed by atoms with E-state index in [9.17, 15) is 19.8 Å². The van der Waals surface area contributed by atoms with Crippen LogP contribution < -0.4 is 5.32 Å². The minimum atomic E-state index is -0.428. The number of aryl methyl sites for hydroxylation is 1. The van der Waals surface area contributed by atoms with Crippen LogP contribution in [0.25, 0.3) is 0 Å². The monoisotopic (exact) mass is 369 g/mol. The van der Waals surface area contributed by atoms with Gasteiger partial charge in [-0.2, -0.15) is 0 Å². The van der Waals surface area contributed by atoms with Crippen LogP contribution in [-0.2, 0) is 4.79 Å². The van der Waals surface area contributed by atoms with E-state index < -0.39 is 5.41 Å². The quantitative estimate of drug-likeness (QED) is 0.689. The largest absolute Gasteiger partial charge is 0.396 e. The molecule has 25 heavy (non-hydrogen) atoms. The summed E-state index contributed by atoms with van der Waals surface area (Å²) in [7, 11) is 3.37. The van der Waals surface area contributed by atoms with Crippen LogP contribution in [0.1, 0.15) is 28.1 Å². The van der Waals surface area contributed by atoms with Crippen LogP contribution in [0.5, 0.6) is 0 Å². The zero-order chi connectivity index (χ0) is 18.6. The third kappa shape index (κ3) is 4.58. The molecule has 1 fully saturated rings.